The minimum atomic E-state index is -0.493. The first-order valence-electron chi connectivity index (χ1n) is 7.35. The lowest BCUT2D eigenvalue weighted by molar-refractivity contribution is -0.0174. The summed E-state index contributed by atoms with van der Waals surface area (Å²) in [6, 6.07) is 3.37. The average molecular weight is 283 g/mol. The molecule has 0 atom stereocenters. The average Bonchev–Trinajstić information content (AvgIpc) is 2.35. The van der Waals surface area contributed by atoms with Crippen LogP contribution in [0, 0.1) is 17.6 Å². The highest BCUT2D eigenvalue weighted by Gasteiger charge is 2.39. The van der Waals surface area contributed by atoms with Gasteiger partial charge in [-0.3, -0.25) is 0 Å². The van der Waals surface area contributed by atoms with Gasteiger partial charge in [-0.25, -0.2) is 8.78 Å². The summed E-state index contributed by atoms with van der Waals surface area (Å²) in [5.41, 5.74) is -0.321. The van der Waals surface area contributed by atoms with Crippen molar-refractivity contribution >= 4 is 0 Å². The molecule has 4 heteroatoms. The number of rotatable bonds is 7. The number of hydrogen-bond acceptors (Lipinski definition) is 2. The van der Waals surface area contributed by atoms with Gasteiger partial charge in [0.1, 0.15) is 11.4 Å². The number of ether oxygens (including phenoxy) is 1. The smallest absolute Gasteiger partial charge is 0.165 e. The Morgan fingerprint density at radius 2 is 2.05 bits per heavy atom. The summed E-state index contributed by atoms with van der Waals surface area (Å²) in [6.07, 6.45) is 3.73. The molecule has 20 heavy (non-hydrogen) atoms. The van der Waals surface area contributed by atoms with Crippen molar-refractivity contribution in [2.24, 2.45) is 5.92 Å². The topological polar surface area (TPSA) is 21.3 Å². The lowest BCUT2D eigenvalue weighted by Gasteiger charge is -2.42. The van der Waals surface area contributed by atoms with Crippen LogP contribution in [0.5, 0.6) is 5.75 Å². The monoisotopic (exact) mass is 283 g/mol. The van der Waals surface area contributed by atoms with Gasteiger partial charge >= 0.3 is 0 Å². The van der Waals surface area contributed by atoms with Crippen molar-refractivity contribution in [2.45, 2.75) is 45.1 Å². The molecule has 0 radical (unpaired) electrons. The maximum atomic E-state index is 13.6. The number of hydrogen-bond donors (Lipinski definition) is 1. The number of halogens is 2. The molecule has 0 aromatic heterocycles. The molecular formula is C16H23F2NO. The molecule has 0 saturated heterocycles. The molecule has 0 bridgehead atoms. The maximum absolute atomic E-state index is 13.6. The Hall–Kier alpha value is -1.16. The van der Waals surface area contributed by atoms with Gasteiger partial charge in [0.05, 0.1) is 0 Å². The second-order valence-electron chi connectivity index (χ2n) is 6.06. The van der Waals surface area contributed by atoms with E-state index in [1.54, 1.807) is 0 Å². The second-order valence-corrected chi connectivity index (χ2v) is 6.06. The Labute approximate surface area is 119 Å². The highest BCUT2D eigenvalue weighted by Crippen LogP contribution is 2.40. The van der Waals surface area contributed by atoms with Crippen LogP contribution in [0.3, 0.4) is 0 Å². The molecule has 2 nitrogen and oxygen atoms in total. The van der Waals surface area contributed by atoms with Gasteiger partial charge in [-0.2, -0.15) is 0 Å². The van der Waals surface area contributed by atoms with Gasteiger partial charge in [-0.1, -0.05) is 13.8 Å². The molecule has 0 unspecified atom stereocenters. The summed E-state index contributed by atoms with van der Waals surface area (Å²) in [6.45, 7) is 6.12. The van der Waals surface area contributed by atoms with Crippen LogP contribution >= 0.6 is 0 Å². The van der Waals surface area contributed by atoms with Crippen LogP contribution in [0.15, 0.2) is 18.2 Å². The lowest BCUT2D eigenvalue weighted by Crippen LogP contribution is -2.45. The molecule has 1 fully saturated rings. The Kier molecular flexibility index (Phi) is 4.97. The van der Waals surface area contributed by atoms with E-state index in [1.165, 1.54) is 0 Å². The zero-order valence-electron chi connectivity index (χ0n) is 12.2. The second kappa shape index (κ2) is 6.53. The first-order chi connectivity index (χ1) is 9.51. The highest BCUT2D eigenvalue weighted by molar-refractivity contribution is 5.26. The molecule has 1 aliphatic rings. The summed E-state index contributed by atoms with van der Waals surface area (Å²) in [4.78, 5) is 0. The van der Waals surface area contributed by atoms with E-state index in [9.17, 15) is 8.78 Å². The third kappa shape index (κ3) is 3.92. The summed E-state index contributed by atoms with van der Waals surface area (Å²) in [5.74, 6) is -0.316. The Morgan fingerprint density at radius 1 is 1.30 bits per heavy atom. The SMILES string of the molecule is CC(C)CNCCC1(Oc2cc(F)ccc2F)CCC1. The number of benzene rings is 1. The van der Waals surface area contributed by atoms with E-state index in [1.807, 2.05) is 0 Å². The van der Waals surface area contributed by atoms with Crippen LogP contribution in [0.25, 0.3) is 0 Å². The van der Waals surface area contributed by atoms with Gasteiger partial charge in [0.15, 0.2) is 11.6 Å². The Balaban J connectivity index is 1.92. The quantitative estimate of drug-likeness (QED) is 0.766. The van der Waals surface area contributed by atoms with Gasteiger partial charge in [0.25, 0.3) is 0 Å². The molecule has 0 amide bonds. The van der Waals surface area contributed by atoms with Gasteiger partial charge < -0.3 is 10.1 Å². The van der Waals surface area contributed by atoms with Crippen molar-refractivity contribution in [1.82, 2.24) is 5.32 Å². The highest BCUT2D eigenvalue weighted by atomic mass is 19.1. The maximum Gasteiger partial charge on any atom is 0.165 e. The van der Waals surface area contributed by atoms with Crippen LogP contribution < -0.4 is 10.1 Å². The third-order valence-corrected chi connectivity index (χ3v) is 3.79. The van der Waals surface area contributed by atoms with E-state index in [0.717, 1.165) is 57.0 Å². The van der Waals surface area contributed by atoms with E-state index in [-0.39, 0.29) is 11.4 Å². The zero-order valence-corrected chi connectivity index (χ0v) is 12.2. The first-order valence-corrected chi connectivity index (χ1v) is 7.35. The summed E-state index contributed by atoms with van der Waals surface area (Å²) in [5, 5.41) is 3.37. The summed E-state index contributed by atoms with van der Waals surface area (Å²) >= 11 is 0. The van der Waals surface area contributed by atoms with E-state index in [0.29, 0.717) is 5.92 Å². The summed E-state index contributed by atoms with van der Waals surface area (Å²) < 4.78 is 32.6. The molecule has 0 heterocycles. The van der Waals surface area contributed by atoms with E-state index in [2.05, 4.69) is 19.2 Å². The van der Waals surface area contributed by atoms with Crippen LogP contribution in [0.1, 0.15) is 39.5 Å². The fraction of sp³-hybridized carbons (Fsp3) is 0.625. The van der Waals surface area contributed by atoms with Gasteiger partial charge in [-0.15, -0.1) is 0 Å². The van der Waals surface area contributed by atoms with E-state index in [4.69, 9.17) is 4.74 Å². The van der Waals surface area contributed by atoms with Gasteiger partial charge in [0, 0.05) is 6.07 Å². The molecule has 0 spiro atoms. The Bertz CT molecular complexity index is 444. The molecule has 2 rings (SSSR count). The van der Waals surface area contributed by atoms with Crippen molar-refractivity contribution in [1.29, 1.82) is 0 Å². The van der Waals surface area contributed by atoms with Crippen molar-refractivity contribution < 1.29 is 13.5 Å². The van der Waals surface area contributed by atoms with E-state index >= 15 is 0 Å². The molecule has 1 aromatic rings. The van der Waals surface area contributed by atoms with Crippen LogP contribution in [0.4, 0.5) is 8.78 Å². The largest absolute Gasteiger partial charge is 0.484 e. The molecule has 112 valence electrons. The van der Waals surface area contributed by atoms with Crippen LogP contribution in [0.2, 0.25) is 0 Å². The third-order valence-electron chi connectivity index (χ3n) is 3.79. The molecular weight excluding hydrogens is 260 g/mol. The van der Waals surface area contributed by atoms with Crippen molar-refractivity contribution in [3.05, 3.63) is 29.8 Å². The zero-order chi connectivity index (χ0) is 14.6. The molecule has 1 N–H and O–H groups in total. The standard InChI is InChI=1S/C16H23F2NO/c1-12(2)11-19-9-8-16(6-3-7-16)20-15-10-13(17)4-5-14(15)18/h4-5,10,12,19H,3,6-9,11H2,1-2H3. The minimum absolute atomic E-state index is 0.0357. The predicted molar refractivity (Wildman–Crippen MR) is 75.9 cm³/mol. The molecule has 1 saturated carbocycles. The fourth-order valence-electron chi connectivity index (χ4n) is 2.47. The lowest BCUT2D eigenvalue weighted by atomic mass is 9.77. The normalized spacial score (nSPS) is 17.1. The first kappa shape index (κ1) is 15.2. The predicted octanol–water partition coefficient (Wildman–Crippen LogP) is 3.90. The van der Waals surface area contributed by atoms with Crippen molar-refractivity contribution in [2.75, 3.05) is 13.1 Å². The molecule has 1 aromatic carbocycles. The van der Waals surface area contributed by atoms with Crippen molar-refractivity contribution in [3.8, 4) is 5.75 Å². The molecule has 0 aliphatic heterocycles. The van der Waals surface area contributed by atoms with Gasteiger partial charge in [-0.05, 0) is 56.8 Å². The van der Waals surface area contributed by atoms with Crippen molar-refractivity contribution in [3.63, 3.8) is 0 Å². The Morgan fingerprint density at radius 3 is 2.65 bits per heavy atom. The summed E-state index contributed by atoms with van der Waals surface area (Å²) in [7, 11) is 0. The van der Waals surface area contributed by atoms with Crippen LogP contribution in [-0.4, -0.2) is 18.7 Å². The fourth-order valence-corrected chi connectivity index (χ4v) is 2.47. The minimum Gasteiger partial charge on any atom is -0.484 e. The van der Waals surface area contributed by atoms with Gasteiger partial charge in [0.2, 0.25) is 0 Å². The molecule has 1 aliphatic carbocycles. The van der Waals surface area contributed by atoms with Crippen LogP contribution in [-0.2, 0) is 0 Å². The van der Waals surface area contributed by atoms with E-state index < -0.39 is 11.6 Å². The number of nitrogens with one attached hydrogen (secondary N) is 1.